The van der Waals surface area contributed by atoms with E-state index < -0.39 is 6.09 Å². The number of fused-ring (bicyclic) bond motifs is 1. The van der Waals surface area contributed by atoms with Gasteiger partial charge < -0.3 is 24.6 Å². The molecule has 2 heterocycles. The van der Waals surface area contributed by atoms with Gasteiger partial charge in [0.25, 0.3) is 11.8 Å². The quantitative estimate of drug-likeness (QED) is 0.584. The topological polar surface area (TPSA) is 108 Å². The molecule has 0 radical (unpaired) electrons. The minimum absolute atomic E-state index is 0.278. The summed E-state index contributed by atoms with van der Waals surface area (Å²) in [7, 11) is 2.88. The Morgan fingerprint density at radius 1 is 1.00 bits per heavy atom. The molecule has 29 heavy (non-hydrogen) atoms. The fraction of sp³-hybridized carbons (Fsp3) is 0.474. The van der Waals surface area contributed by atoms with Crippen LogP contribution in [0.1, 0.15) is 27.1 Å². The van der Waals surface area contributed by atoms with E-state index in [1.807, 2.05) is 0 Å². The highest BCUT2D eigenvalue weighted by molar-refractivity contribution is 6.21. The van der Waals surface area contributed by atoms with Crippen LogP contribution in [-0.2, 0) is 9.47 Å². The van der Waals surface area contributed by atoms with Crippen molar-refractivity contribution in [2.75, 3.05) is 58.9 Å². The van der Waals surface area contributed by atoms with Crippen LogP contribution < -0.4 is 5.32 Å². The summed E-state index contributed by atoms with van der Waals surface area (Å²) in [6, 6.07) is 4.35. The zero-order chi connectivity index (χ0) is 21.0. The summed E-state index contributed by atoms with van der Waals surface area (Å²) >= 11 is 0. The number of imide groups is 1. The van der Waals surface area contributed by atoms with Gasteiger partial charge in [0.1, 0.15) is 0 Å². The van der Waals surface area contributed by atoms with Gasteiger partial charge in [0.15, 0.2) is 0 Å². The zero-order valence-corrected chi connectivity index (χ0v) is 16.5. The Hall–Kier alpha value is -3.14. The van der Waals surface area contributed by atoms with E-state index in [-0.39, 0.29) is 30.0 Å². The maximum absolute atomic E-state index is 12.6. The minimum atomic E-state index is -0.415. The van der Waals surface area contributed by atoms with Gasteiger partial charge >= 0.3 is 12.1 Å². The molecule has 156 valence electrons. The molecule has 0 aromatic heterocycles. The number of hydrogen-bond acceptors (Lipinski definition) is 6. The first-order chi connectivity index (χ1) is 14.0. The second-order valence-electron chi connectivity index (χ2n) is 6.74. The van der Waals surface area contributed by atoms with Crippen molar-refractivity contribution in [1.82, 2.24) is 14.7 Å². The molecule has 1 fully saturated rings. The molecule has 3 rings (SSSR count). The first kappa shape index (κ1) is 20.6. The molecular weight excluding hydrogens is 380 g/mol. The summed E-state index contributed by atoms with van der Waals surface area (Å²) < 4.78 is 9.65. The molecule has 1 saturated heterocycles. The molecule has 0 spiro atoms. The normalized spacial score (nSPS) is 16.1. The first-order valence-electron chi connectivity index (χ1n) is 9.34. The number of ether oxygens (including phenoxy) is 2. The lowest BCUT2D eigenvalue weighted by Crippen LogP contribution is -2.51. The second-order valence-corrected chi connectivity index (χ2v) is 6.74. The SMILES string of the molecule is COCCCN1C(=O)c2ccc(NC(=O)N3CCN(C(=O)OC)CC3)cc2C1=O. The van der Waals surface area contributed by atoms with Gasteiger partial charge in [-0.15, -0.1) is 0 Å². The zero-order valence-electron chi connectivity index (χ0n) is 16.5. The number of hydrogen-bond donors (Lipinski definition) is 1. The fourth-order valence-electron chi connectivity index (χ4n) is 3.36. The van der Waals surface area contributed by atoms with Gasteiger partial charge in [0.2, 0.25) is 0 Å². The molecule has 0 saturated carbocycles. The van der Waals surface area contributed by atoms with Crippen LogP contribution in [0.25, 0.3) is 0 Å². The third-order valence-electron chi connectivity index (χ3n) is 4.95. The van der Waals surface area contributed by atoms with Gasteiger partial charge in [-0.05, 0) is 24.6 Å². The first-order valence-corrected chi connectivity index (χ1v) is 9.34. The average molecular weight is 404 g/mol. The highest BCUT2D eigenvalue weighted by atomic mass is 16.5. The summed E-state index contributed by atoms with van der Waals surface area (Å²) in [6.07, 6.45) is 0.144. The standard InChI is InChI=1S/C19H24N4O6/c1-28-11-3-6-23-16(24)14-5-4-13(12-15(14)17(23)25)20-18(26)21-7-9-22(10-8-21)19(27)29-2/h4-5,12H,3,6-11H2,1-2H3,(H,20,26). The number of rotatable bonds is 5. The number of benzene rings is 1. The van der Waals surface area contributed by atoms with Crippen molar-refractivity contribution in [1.29, 1.82) is 0 Å². The highest BCUT2D eigenvalue weighted by Gasteiger charge is 2.35. The van der Waals surface area contributed by atoms with E-state index in [1.54, 1.807) is 24.1 Å². The molecule has 1 aromatic rings. The van der Waals surface area contributed by atoms with Gasteiger partial charge in [-0.3, -0.25) is 14.5 Å². The lowest BCUT2D eigenvalue weighted by atomic mass is 10.1. The van der Waals surface area contributed by atoms with Crippen LogP contribution >= 0.6 is 0 Å². The minimum Gasteiger partial charge on any atom is -0.453 e. The van der Waals surface area contributed by atoms with Crippen LogP contribution in [0.3, 0.4) is 0 Å². The molecule has 0 unspecified atom stereocenters. The molecule has 0 aliphatic carbocycles. The van der Waals surface area contributed by atoms with Gasteiger partial charge in [-0.2, -0.15) is 0 Å². The molecule has 10 nitrogen and oxygen atoms in total. The summed E-state index contributed by atoms with van der Waals surface area (Å²) in [5.74, 6) is -0.707. The molecule has 2 aliphatic rings. The van der Waals surface area contributed by atoms with E-state index in [4.69, 9.17) is 4.74 Å². The van der Waals surface area contributed by atoms with Gasteiger partial charge in [-0.1, -0.05) is 0 Å². The number of nitrogens with one attached hydrogen (secondary N) is 1. The molecule has 0 atom stereocenters. The van der Waals surface area contributed by atoms with Crippen LogP contribution in [0.15, 0.2) is 18.2 Å². The highest BCUT2D eigenvalue weighted by Crippen LogP contribution is 2.26. The Morgan fingerprint density at radius 3 is 2.31 bits per heavy atom. The van der Waals surface area contributed by atoms with Crippen molar-refractivity contribution in [2.24, 2.45) is 0 Å². The lowest BCUT2D eigenvalue weighted by molar-refractivity contribution is 0.0638. The third-order valence-corrected chi connectivity index (χ3v) is 4.95. The van der Waals surface area contributed by atoms with Crippen LogP contribution in [-0.4, -0.2) is 92.2 Å². The number of methoxy groups -OCH3 is 2. The van der Waals surface area contributed by atoms with Gasteiger partial charge in [0, 0.05) is 52.1 Å². The van der Waals surface area contributed by atoms with Crippen molar-refractivity contribution in [2.45, 2.75) is 6.42 Å². The van der Waals surface area contributed by atoms with Gasteiger partial charge in [-0.25, -0.2) is 9.59 Å². The molecule has 2 aliphatic heterocycles. The third kappa shape index (κ3) is 4.32. The maximum atomic E-state index is 12.6. The van der Waals surface area contributed by atoms with Crippen LogP contribution in [0.5, 0.6) is 0 Å². The smallest absolute Gasteiger partial charge is 0.409 e. The Morgan fingerprint density at radius 2 is 1.66 bits per heavy atom. The Kier molecular flexibility index (Phi) is 6.32. The summed E-state index contributed by atoms with van der Waals surface area (Å²) in [4.78, 5) is 53.3. The monoisotopic (exact) mass is 404 g/mol. The van der Waals surface area contributed by atoms with Crippen molar-refractivity contribution in [3.8, 4) is 0 Å². The molecule has 1 aromatic carbocycles. The van der Waals surface area contributed by atoms with E-state index in [2.05, 4.69) is 10.1 Å². The Labute approximate surface area is 168 Å². The fourth-order valence-corrected chi connectivity index (χ4v) is 3.36. The van der Waals surface area contributed by atoms with E-state index >= 15 is 0 Å². The van der Waals surface area contributed by atoms with Crippen LogP contribution in [0.4, 0.5) is 15.3 Å². The van der Waals surface area contributed by atoms with Gasteiger partial charge in [0.05, 0.1) is 18.2 Å². The van der Waals surface area contributed by atoms with Crippen molar-refractivity contribution in [3.63, 3.8) is 0 Å². The molecule has 5 amide bonds. The lowest BCUT2D eigenvalue weighted by Gasteiger charge is -2.33. The van der Waals surface area contributed by atoms with E-state index in [0.29, 0.717) is 50.5 Å². The molecule has 10 heteroatoms. The van der Waals surface area contributed by atoms with Crippen LogP contribution in [0, 0.1) is 0 Å². The average Bonchev–Trinajstić information content (AvgIpc) is 2.97. The number of carbonyl (C=O) groups is 4. The van der Waals surface area contributed by atoms with E-state index in [0.717, 1.165) is 0 Å². The number of piperazine rings is 1. The predicted molar refractivity (Wildman–Crippen MR) is 103 cm³/mol. The summed E-state index contributed by atoms with van der Waals surface area (Å²) in [5.41, 5.74) is 1.04. The van der Waals surface area contributed by atoms with Crippen molar-refractivity contribution in [3.05, 3.63) is 29.3 Å². The van der Waals surface area contributed by atoms with Crippen molar-refractivity contribution >= 4 is 29.6 Å². The molecular formula is C19H24N4O6. The van der Waals surface area contributed by atoms with E-state index in [9.17, 15) is 19.2 Å². The number of carbonyl (C=O) groups excluding carboxylic acids is 4. The van der Waals surface area contributed by atoms with Crippen LogP contribution in [0.2, 0.25) is 0 Å². The Bertz CT molecular complexity index is 819. The summed E-state index contributed by atoms with van der Waals surface area (Å²) in [6.45, 7) is 2.25. The maximum Gasteiger partial charge on any atom is 0.409 e. The molecule has 0 bridgehead atoms. The predicted octanol–water partition coefficient (Wildman–Crippen LogP) is 1.24. The van der Waals surface area contributed by atoms with Crippen molar-refractivity contribution < 1.29 is 28.7 Å². The number of urea groups is 1. The number of amides is 5. The second kappa shape index (κ2) is 8.91. The number of anilines is 1. The Balaban J connectivity index is 1.61. The largest absolute Gasteiger partial charge is 0.453 e. The van der Waals surface area contributed by atoms with E-state index in [1.165, 1.54) is 23.0 Å². The number of nitrogens with zero attached hydrogens (tertiary/aromatic N) is 3. The summed E-state index contributed by atoms with van der Waals surface area (Å²) in [5, 5.41) is 2.75. The molecule has 1 N–H and O–H groups in total.